The Hall–Kier alpha value is -3.89. The van der Waals surface area contributed by atoms with Crippen molar-refractivity contribution in [1.82, 2.24) is 19.4 Å². The average molecular weight is 576 g/mol. The first-order valence-electron chi connectivity index (χ1n) is 14.5. The predicted octanol–water partition coefficient (Wildman–Crippen LogP) is 4.76. The highest BCUT2D eigenvalue weighted by Gasteiger charge is 2.30. The lowest BCUT2D eigenvalue weighted by Gasteiger charge is -2.40. The van der Waals surface area contributed by atoms with Gasteiger partial charge in [0.05, 0.1) is 30.2 Å². The number of halogens is 2. The van der Waals surface area contributed by atoms with Gasteiger partial charge in [0, 0.05) is 79.4 Å². The van der Waals surface area contributed by atoms with E-state index in [-0.39, 0.29) is 42.3 Å². The van der Waals surface area contributed by atoms with E-state index in [4.69, 9.17) is 9.84 Å². The number of anilines is 1. The molecule has 2 aliphatic rings. The molecule has 1 saturated heterocycles. The molecule has 0 bridgehead atoms. The second-order valence-corrected chi connectivity index (χ2v) is 11.3. The fourth-order valence-electron chi connectivity index (χ4n) is 5.97. The van der Waals surface area contributed by atoms with Crippen molar-refractivity contribution < 1.29 is 18.6 Å². The number of pyridine rings is 3. The molecule has 42 heavy (non-hydrogen) atoms. The first-order chi connectivity index (χ1) is 20.4. The van der Waals surface area contributed by atoms with Crippen molar-refractivity contribution >= 4 is 16.6 Å². The maximum atomic E-state index is 15.0. The SMILES string of the molecule is Cc1cc(CN(Cc2cn(C3CC3)c3cc(OCCO)c(F)cc3c2=O)[C@H]2CCCN(c3cncc(F)c3)C2)ccn1. The smallest absolute Gasteiger partial charge is 0.193 e. The molecule has 10 heteroatoms. The molecule has 1 atom stereocenters. The van der Waals surface area contributed by atoms with Crippen molar-refractivity contribution in [3.05, 3.63) is 93.8 Å². The quantitative estimate of drug-likeness (QED) is 0.292. The van der Waals surface area contributed by atoms with Gasteiger partial charge in [-0.1, -0.05) is 0 Å². The largest absolute Gasteiger partial charge is 0.488 e. The molecule has 220 valence electrons. The molecule has 2 fully saturated rings. The van der Waals surface area contributed by atoms with Gasteiger partial charge in [-0.3, -0.25) is 19.7 Å². The summed E-state index contributed by atoms with van der Waals surface area (Å²) in [5.41, 5.74) is 3.79. The average Bonchev–Trinajstić information content (AvgIpc) is 3.83. The van der Waals surface area contributed by atoms with E-state index in [0.717, 1.165) is 49.2 Å². The summed E-state index contributed by atoms with van der Waals surface area (Å²) in [6.45, 7) is 4.15. The van der Waals surface area contributed by atoms with Crippen LogP contribution in [0, 0.1) is 18.6 Å². The molecular formula is C32H35F2N5O3. The zero-order valence-electron chi connectivity index (χ0n) is 23.7. The van der Waals surface area contributed by atoms with Crippen molar-refractivity contribution in [3.8, 4) is 5.75 Å². The molecular weight excluding hydrogens is 540 g/mol. The fraction of sp³-hybridized carbons (Fsp3) is 0.406. The van der Waals surface area contributed by atoms with Crippen LogP contribution in [0.4, 0.5) is 14.5 Å². The van der Waals surface area contributed by atoms with Crippen LogP contribution in [0.25, 0.3) is 10.9 Å². The molecule has 0 spiro atoms. The summed E-state index contributed by atoms with van der Waals surface area (Å²) >= 11 is 0. The number of aliphatic hydroxyl groups excluding tert-OH is 1. The zero-order valence-corrected chi connectivity index (χ0v) is 23.7. The Kier molecular flexibility index (Phi) is 8.17. The van der Waals surface area contributed by atoms with Gasteiger partial charge >= 0.3 is 0 Å². The number of hydrogen-bond donors (Lipinski definition) is 1. The van der Waals surface area contributed by atoms with Crippen LogP contribution >= 0.6 is 0 Å². The molecule has 1 saturated carbocycles. The molecule has 4 aromatic rings. The van der Waals surface area contributed by atoms with Crippen LogP contribution in [-0.2, 0) is 13.1 Å². The lowest BCUT2D eigenvalue weighted by Crippen LogP contribution is -2.48. The fourth-order valence-corrected chi connectivity index (χ4v) is 5.97. The maximum absolute atomic E-state index is 15.0. The van der Waals surface area contributed by atoms with Crippen molar-refractivity contribution in [2.75, 3.05) is 31.2 Å². The van der Waals surface area contributed by atoms with Crippen molar-refractivity contribution in [3.63, 3.8) is 0 Å². The number of benzene rings is 1. The molecule has 0 radical (unpaired) electrons. The van der Waals surface area contributed by atoms with E-state index < -0.39 is 5.82 Å². The van der Waals surface area contributed by atoms with Crippen LogP contribution in [-0.4, -0.2) is 56.9 Å². The molecule has 1 aliphatic heterocycles. The predicted molar refractivity (Wildman–Crippen MR) is 157 cm³/mol. The second-order valence-electron chi connectivity index (χ2n) is 11.3. The number of aromatic nitrogens is 3. The third kappa shape index (κ3) is 6.15. The third-order valence-corrected chi connectivity index (χ3v) is 8.14. The molecule has 1 aliphatic carbocycles. The lowest BCUT2D eigenvalue weighted by atomic mass is 10.0. The van der Waals surface area contributed by atoms with E-state index in [2.05, 4.69) is 30.4 Å². The molecule has 8 nitrogen and oxygen atoms in total. The van der Waals surface area contributed by atoms with Gasteiger partial charge in [-0.05, 0) is 56.4 Å². The van der Waals surface area contributed by atoms with E-state index in [1.54, 1.807) is 18.5 Å². The van der Waals surface area contributed by atoms with E-state index in [0.29, 0.717) is 36.1 Å². The number of fused-ring (bicyclic) bond motifs is 1. The first-order valence-corrected chi connectivity index (χ1v) is 14.5. The van der Waals surface area contributed by atoms with Crippen molar-refractivity contribution in [2.45, 2.75) is 57.8 Å². The molecule has 4 heterocycles. The number of ether oxygens (including phenoxy) is 1. The van der Waals surface area contributed by atoms with Gasteiger partial charge < -0.3 is 19.3 Å². The van der Waals surface area contributed by atoms with Gasteiger partial charge in [-0.15, -0.1) is 0 Å². The topological polar surface area (TPSA) is 83.7 Å². The number of aryl methyl sites for hydroxylation is 1. The van der Waals surface area contributed by atoms with Gasteiger partial charge in [0.25, 0.3) is 0 Å². The lowest BCUT2D eigenvalue weighted by molar-refractivity contribution is 0.158. The summed E-state index contributed by atoms with van der Waals surface area (Å²) in [7, 11) is 0. The number of piperidine rings is 1. The van der Waals surface area contributed by atoms with E-state index in [1.165, 1.54) is 18.3 Å². The van der Waals surface area contributed by atoms with Crippen LogP contribution in [0.15, 0.2) is 59.9 Å². The summed E-state index contributed by atoms with van der Waals surface area (Å²) in [6.07, 6.45) is 10.4. The Morgan fingerprint density at radius 3 is 2.74 bits per heavy atom. The Labute approximate surface area is 243 Å². The Bertz CT molecular complexity index is 1640. The highest BCUT2D eigenvalue weighted by atomic mass is 19.1. The standard InChI is InChI=1S/C32H35F2N5O3/c1-21-11-22(6-7-36-21)17-38(26-3-2-8-37(20-26)27-12-24(33)15-35-16-27)18-23-19-39(25-4-5-25)30-14-31(42-10-9-40)29(34)13-28(30)32(23)41/h6-7,11-16,19,25-26,40H,2-5,8-10,17-18,20H2,1H3/t26-/m0/s1. The van der Waals surface area contributed by atoms with E-state index >= 15 is 4.39 Å². The summed E-state index contributed by atoms with van der Waals surface area (Å²) in [4.78, 5) is 26.7. The minimum absolute atomic E-state index is 0.0261. The van der Waals surface area contributed by atoms with Crippen molar-refractivity contribution in [1.29, 1.82) is 0 Å². The van der Waals surface area contributed by atoms with E-state index in [9.17, 15) is 9.18 Å². The molecule has 6 rings (SSSR count). The van der Waals surface area contributed by atoms with Gasteiger partial charge in [0.1, 0.15) is 12.4 Å². The summed E-state index contributed by atoms with van der Waals surface area (Å²) < 4.78 is 36.5. The minimum Gasteiger partial charge on any atom is -0.488 e. The minimum atomic E-state index is -0.622. The summed E-state index contributed by atoms with van der Waals surface area (Å²) in [6, 6.07) is 8.72. The number of aliphatic hydroxyl groups is 1. The Morgan fingerprint density at radius 2 is 1.98 bits per heavy atom. The van der Waals surface area contributed by atoms with Gasteiger partial charge in [0.2, 0.25) is 0 Å². The Balaban J connectivity index is 1.37. The first kappa shape index (κ1) is 28.2. The van der Waals surface area contributed by atoms with Crippen molar-refractivity contribution in [2.24, 2.45) is 0 Å². The molecule has 3 aromatic heterocycles. The van der Waals surface area contributed by atoms with Gasteiger partial charge in [-0.2, -0.15) is 0 Å². The van der Waals surface area contributed by atoms with Crippen LogP contribution in [0.5, 0.6) is 5.75 Å². The van der Waals surface area contributed by atoms with Crippen LogP contribution in [0.3, 0.4) is 0 Å². The molecule has 0 unspecified atom stereocenters. The maximum Gasteiger partial charge on any atom is 0.193 e. The molecule has 0 amide bonds. The van der Waals surface area contributed by atoms with Crippen LogP contribution < -0.4 is 15.1 Å². The third-order valence-electron chi connectivity index (χ3n) is 8.14. The normalized spacial score (nSPS) is 17.3. The monoisotopic (exact) mass is 575 g/mol. The number of hydrogen-bond acceptors (Lipinski definition) is 7. The number of rotatable bonds is 10. The molecule has 1 aromatic carbocycles. The van der Waals surface area contributed by atoms with Crippen LogP contribution in [0.2, 0.25) is 0 Å². The zero-order chi connectivity index (χ0) is 29.2. The highest BCUT2D eigenvalue weighted by Crippen LogP contribution is 2.38. The van der Waals surface area contributed by atoms with Gasteiger partial charge in [-0.25, -0.2) is 8.78 Å². The second kappa shape index (κ2) is 12.1. The van der Waals surface area contributed by atoms with Gasteiger partial charge in [0.15, 0.2) is 17.0 Å². The summed E-state index contributed by atoms with van der Waals surface area (Å²) in [5, 5.41) is 9.46. The molecule has 1 N–H and O–H groups in total. The Morgan fingerprint density at radius 1 is 1.12 bits per heavy atom. The van der Waals surface area contributed by atoms with E-state index in [1.807, 2.05) is 19.2 Å². The van der Waals surface area contributed by atoms with Crippen LogP contribution in [0.1, 0.15) is 48.5 Å². The highest BCUT2D eigenvalue weighted by molar-refractivity contribution is 5.81. The number of nitrogens with zero attached hydrogens (tertiary/aromatic N) is 5. The summed E-state index contributed by atoms with van der Waals surface area (Å²) in [5.74, 6) is -0.960.